The minimum absolute atomic E-state index is 0.229. The Balaban J connectivity index is 2.63. The van der Waals surface area contributed by atoms with Crippen LogP contribution in [0.3, 0.4) is 0 Å². The first-order chi connectivity index (χ1) is 6.09. The standard InChI is InChI=1S/C10H14BrNO/c1-7(12)2-3-8-4-5-10(13)9(11)6-8/h4-7,13H,2-3,12H2,1H3/t7-/m0/s1. The number of hydrogen-bond acceptors (Lipinski definition) is 2. The summed E-state index contributed by atoms with van der Waals surface area (Å²) in [6.45, 7) is 2.00. The number of aromatic hydroxyl groups is 1. The van der Waals surface area contributed by atoms with Crippen LogP contribution >= 0.6 is 15.9 Å². The van der Waals surface area contributed by atoms with Crippen molar-refractivity contribution in [3.8, 4) is 5.75 Å². The van der Waals surface area contributed by atoms with Crippen LogP contribution in [-0.2, 0) is 6.42 Å². The molecule has 1 rings (SSSR count). The van der Waals surface area contributed by atoms with E-state index in [0.717, 1.165) is 17.3 Å². The lowest BCUT2D eigenvalue weighted by Gasteiger charge is -2.05. The van der Waals surface area contributed by atoms with Crippen LogP contribution in [0, 0.1) is 0 Å². The Morgan fingerprint density at radius 3 is 2.77 bits per heavy atom. The van der Waals surface area contributed by atoms with Crippen LogP contribution in [0.2, 0.25) is 0 Å². The molecule has 0 aliphatic heterocycles. The fourth-order valence-corrected chi connectivity index (χ4v) is 1.53. The molecule has 0 spiro atoms. The second-order valence-corrected chi connectivity index (χ2v) is 4.16. The minimum atomic E-state index is 0.229. The van der Waals surface area contributed by atoms with E-state index >= 15 is 0 Å². The molecule has 1 aromatic rings. The van der Waals surface area contributed by atoms with Crippen LogP contribution in [0.25, 0.3) is 0 Å². The maximum Gasteiger partial charge on any atom is 0.129 e. The Kier molecular flexibility index (Phi) is 3.75. The van der Waals surface area contributed by atoms with E-state index in [2.05, 4.69) is 15.9 Å². The molecule has 0 saturated carbocycles. The normalized spacial score (nSPS) is 12.8. The Morgan fingerprint density at radius 2 is 2.23 bits per heavy atom. The van der Waals surface area contributed by atoms with Gasteiger partial charge >= 0.3 is 0 Å². The van der Waals surface area contributed by atoms with Gasteiger partial charge in [0.25, 0.3) is 0 Å². The minimum Gasteiger partial charge on any atom is -0.507 e. The Morgan fingerprint density at radius 1 is 1.54 bits per heavy atom. The molecule has 72 valence electrons. The lowest BCUT2D eigenvalue weighted by atomic mass is 10.1. The highest BCUT2D eigenvalue weighted by molar-refractivity contribution is 9.10. The summed E-state index contributed by atoms with van der Waals surface area (Å²) < 4.78 is 0.745. The first-order valence-electron chi connectivity index (χ1n) is 4.32. The highest BCUT2D eigenvalue weighted by Gasteiger charge is 2.00. The topological polar surface area (TPSA) is 46.2 Å². The number of benzene rings is 1. The van der Waals surface area contributed by atoms with Crippen molar-refractivity contribution in [3.05, 3.63) is 28.2 Å². The molecule has 0 heterocycles. The Bertz CT molecular complexity index is 286. The second kappa shape index (κ2) is 4.63. The van der Waals surface area contributed by atoms with E-state index in [1.165, 1.54) is 5.56 Å². The van der Waals surface area contributed by atoms with Gasteiger partial charge in [-0.1, -0.05) is 6.07 Å². The van der Waals surface area contributed by atoms with Gasteiger partial charge in [-0.25, -0.2) is 0 Å². The summed E-state index contributed by atoms with van der Waals surface area (Å²) in [7, 11) is 0. The average Bonchev–Trinajstić information content (AvgIpc) is 2.07. The van der Waals surface area contributed by atoms with Crippen LogP contribution in [-0.4, -0.2) is 11.1 Å². The monoisotopic (exact) mass is 243 g/mol. The van der Waals surface area contributed by atoms with Crippen LogP contribution in [0.5, 0.6) is 5.75 Å². The van der Waals surface area contributed by atoms with E-state index in [-0.39, 0.29) is 11.8 Å². The number of phenols is 1. The van der Waals surface area contributed by atoms with Gasteiger partial charge in [-0.3, -0.25) is 0 Å². The third kappa shape index (κ3) is 3.36. The molecule has 0 amide bonds. The van der Waals surface area contributed by atoms with Crippen molar-refractivity contribution >= 4 is 15.9 Å². The van der Waals surface area contributed by atoms with Crippen LogP contribution in [0.1, 0.15) is 18.9 Å². The zero-order chi connectivity index (χ0) is 9.84. The number of halogens is 1. The van der Waals surface area contributed by atoms with Crippen molar-refractivity contribution in [2.45, 2.75) is 25.8 Å². The van der Waals surface area contributed by atoms with Gasteiger partial charge in [0.2, 0.25) is 0 Å². The van der Waals surface area contributed by atoms with Gasteiger partial charge in [0, 0.05) is 6.04 Å². The highest BCUT2D eigenvalue weighted by atomic mass is 79.9. The summed E-state index contributed by atoms with van der Waals surface area (Å²) >= 11 is 3.27. The molecule has 1 atom stereocenters. The lowest BCUT2D eigenvalue weighted by molar-refractivity contribution is 0.471. The van der Waals surface area contributed by atoms with Crippen molar-refractivity contribution in [2.75, 3.05) is 0 Å². The van der Waals surface area contributed by atoms with Gasteiger partial charge in [0.15, 0.2) is 0 Å². The van der Waals surface area contributed by atoms with Crippen molar-refractivity contribution < 1.29 is 5.11 Å². The molecular weight excluding hydrogens is 230 g/mol. The summed E-state index contributed by atoms with van der Waals surface area (Å²) in [4.78, 5) is 0. The number of hydrogen-bond donors (Lipinski definition) is 2. The Hall–Kier alpha value is -0.540. The largest absolute Gasteiger partial charge is 0.507 e. The third-order valence-electron chi connectivity index (χ3n) is 1.90. The molecule has 2 nitrogen and oxygen atoms in total. The summed E-state index contributed by atoms with van der Waals surface area (Å²) in [6, 6.07) is 5.77. The number of aryl methyl sites for hydroxylation is 1. The van der Waals surface area contributed by atoms with Gasteiger partial charge in [0.05, 0.1) is 4.47 Å². The molecule has 0 bridgehead atoms. The van der Waals surface area contributed by atoms with Crippen molar-refractivity contribution in [1.82, 2.24) is 0 Å². The van der Waals surface area contributed by atoms with E-state index in [0.29, 0.717) is 0 Å². The van der Waals surface area contributed by atoms with Crippen molar-refractivity contribution in [2.24, 2.45) is 5.73 Å². The van der Waals surface area contributed by atoms with E-state index < -0.39 is 0 Å². The van der Waals surface area contributed by atoms with Gasteiger partial charge in [-0.15, -0.1) is 0 Å². The molecule has 0 radical (unpaired) electrons. The molecule has 0 aliphatic carbocycles. The zero-order valence-electron chi connectivity index (χ0n) is 7.63. The molecule has 0 unspecified atom stereocenters. The highest BCUT2D eigenvalue weighted by Crippen LogP contribution is 2.24. The zero-order valence-corrected chi connectivity index (χ0v) is 9.21. The van der Waals surface area contributed by atoms with Gasteiger partial charge in [0.1, 0.15) is 5.75 Å². The molecule has 3 N–H and O–H groups in total. The van der Waals surface area contributed by atoms with E-state index in [1.807, 2.05) is 19.1 Å². The number of nitrogens with two attached hydrogens (primary N) is 1. The summed E-state index contributed by atoms with van der Waals surface area (Å²) in [5, 5.41) is 9.25. The number of rotatable bonds is 3. The van der Waals surface area contributed by atoms with Crippen LogP contribution < -0.4 is 5.73 Å². The lowest BCUT2D eigenvalue weighted by Crippen LogP contribution is -2.15. The SMILES string of the molecule is C[C@H](N)CCc1ccc(O)c(Br)c1. The molecule has 0 aromatic heterocycles. The summed E-state index contributed by atoms with van der Waals surface area (Å²) in [6.07, 6.45) is 1.92. The fraction of sp³-hybridized carbons (Fsp3) is 0.400. The van der Waals surface area contributed by atoms with E-state index in [1.54, 1.807) is 6.07 Å². The quantitative estimate of drug-likeness (QED) is 0.857. The maximum atomic E-state index is 9.25. The smallest absolute Gasteiger partial charge is 0.129 e. The second-order valence-electron chi connectivity index (χ2n) is 3.30. The summed E-state index contributed by atoms with van der Waals surface area (Å²) in [5.41, 5.74) is 6.84. The molecule has 0 aliphatic rings. The van der Waals surface area contributed by atoms with E-state index in [4.69, 9.17) is 5.73 Å². The molecule has 0 saturated heterocycles. The van der Waals surface area contributed by atoms with Gasteiger partial charge < -0.3 is 10.8 Å². The van der Waals surface area contributed by atoms with Crippen molar-refractivity contribution in [1.29, 1.82) is 0 Å². The Labute approximate surface area is 86.9 Å². The number of phenolic OH excluding ortho intramolecular Hbond substituents is 1. The van der Waals surface area contributed by atoms with Gasteiger partial charge in [-0.2, -0.15) is 0 Å². The molecule has 3 heteroatoms. The van der Waals surface area contributed by atoms with Crippen LogP contribution in [0.15, 0.2) is 22.7 Å². The average molecular weight is 244 g/mol. The van der Waals surface area contributed by atoms with Crippen LogP contribution in [0.4, 0.5) is 0 Å². The molecule has 13 heavy (non-hydrogen) atoms. The van der Waals surface area contributed by atoms with E-state index in [9.17, 15) is 5.11 Å². The summed E-state index contributed by atoms with van der Waals surface area (Å²) in [5.74, 6) is 0.282. The first kappa shape index (κ1) is 10.5. The fourth-order valence-electron chi connectivity index (χ4n) is 1.10. The molecular formula is C10H14BrNO. The predicted molar refractivity (Wildman–Crippen MR) is 57.8 cm³/mol. The predicted octanol–water partition coefficient (Wildman–Crippen LogP) is 2.43. The first-order valence-corrected chi connectivity index (χ1v) is 5.12. The maximum absolute atomic E-state index is 9.25. The van der Waals surface area contributed by atoms with Crippen molar-refractivity contribution in [3.63, 3.8) is 0 Å². The third-order valence-corrected chi connectivity index (χ3v) is 2.54. The molecule has 0 fully saturated rings. The molecule has 1 aromatic carbocycles. The van der Waals surface area contributed by atoms with Gasteiger partial charge in [-0.05, 0) is 53.4 Å².